The van der Waals surface area contributed by atoms with Crippen molar-refractivity contribution in [1.82, 2.24) is 10.6 Å². The lowest BCUT2D eigenvalue weighted by Gasteiger charge is -2.17. The molecule has 0 aromatic heterocycles. The van der Waals surface area contributed by atoms with E-state index in [9.17, 15) is 8.42 Å². The van der Waals surface area contributed by atoms with Gasteiger partial charge in [-0.3, -0.25) is 4.99 Å². The molecular formula is C21H29N3O3S. The Kier molecular flexibility index (Phi) is 7.87. The number of hydrogen-bond donors (Lipinski definition) is 2. The Bertz CT molecular complexity index is 894. The standard InChI is InChI=1S/C21H29N3O3S/c1-16(2)27-20-14-17(3)10-11-18(20)15-24-21(22-4)23-12-13-28(25,26)19-8-6-5-7-9-19/h5-11,14,16H,12-13,15H2,1-4H3,(H2,22,23,24). The highest BCUT2D eigenvalue weighted by atomic mass is 32.2. The minimum Gasteiger partial charge on any atom is -0.491 e. The van der Waals surface area contributed by atoms with Gasteiger partial charge in [-0.25, -0.2) is 8.42 Å². The highest BCUT2D eigenvalue weighted by Crippen LogP contribution is 2.21. The van der Waals surface area contributed by atoms with Gasteiger partial charge in [0.05, 0.1) is 16.8 Å². The molecule has 0 saturated heterocycles. The van der Waals surface area contributed by atoms with E-state index < -0.39 is 9.84 Å². The third kappa shape index (κ3) is 6.56. The van der Waals surface area contributed by atoms with Crippen molar-refractivity contribution in [2.45, 2.75) is 38.3 Å². The summed E-state index contributed by atoms with van der Waals surface area (Å²) in [7, 11) is -1.67. The van der Waals surface area contributed by atoms with Crippen molar-refractivity contribution in [3.05, 3.63) is 59.7 Å². The molecule has 2 rings (SSSR count). The zero-order chi connectivity index (χ0) is 20.6. The summed E-state index contributed by atoms with van der Waals surface area (Å²) < 4.78 is 30.6. The van der Waals surface area contributed by atoms with E-state index in [-0.39, 0.29) is 18.4 Å². The Morgan fingerprint density at radius 3 is 2.46 bits per heavy atom. The SMILES string of the molecule is CN=C(NCCS(=O)(=O)c1ccccc1)NCc1ccc(C)cc1OC(C)C. The summed E-state index contributed by atoms with van der Waals surface area (Å²) in [5.74, 6) is 1.37. The number of aliphatic imine (C=N–C) groups is 1. The van der Waals surface area contributed by atoms with Crippen molar-refractivity contribution in [3.63, 3.8) is 0 Å². The van der Waals surface area contributed by atoms with Crippen LogP contribution in [0.25, 0.3) is 0 Å². The molecule has 2 aromatic rings. The van der Waals surface area contributed by atoms with Gasteiger partial charge in [-0.2, -0.15) is 0 Å². The number of sulfone groups is 1. The lowest BCUT2D eigenvalue weighted by molar-refractivity contribution is 0.239. The number of benzene rings is 2. The molecule has 0 atom stereocenters. The zero-order valence-electron chi connectivity index (χ0n) is 16.9. The average Bonchev–Trinajstić information content (AvgIpc) is 2.66. The smallest absolute Gasteiger partial charge is 0.191 e. The average molecular weight is 404 g/mol. The molecule has 0 amide bonds. The summed E-state index contributed by atoms with van der Waals surface area (Å²) in [4.78, 5) is 4.49. The fourth-order valence-electron chi connectivity index (χ4n) is 2.62. The van der Waals surface area contributed by atoms with Gasteiger partial charge in [0.2, 0.25) is 0 Å². The van der Waals surface area contributed by atoms with Gasteiger partial charge >= 0.3 is 0 Å². The summed E-state index contributed by atoms with van der Waals surface area (Å²) >= 11 is 0. The van der Waals surface area contributed by atoms with Crippen LogP contribution in [-0.2, 0) is 16.4 Å². The second kappa shape index (κ2) is 10.1. The van der Waals surface area contributed by atoms with E-state index in [1.165, 1.54) is 0 Å². The second-order valence-electron chi connectivity index (χ2n) is 6.76. The minimum absolute atomic E-state index is 0.00996. The van der Waals surface area contributed by atoms with Gasteiger partial charge in [0.25, 0.3) is 0 Å². The number of rotatable bonds is 8. The number of guanidine groups is 1. The van der Waals surface area contributed by atoms with Crippen molar-refractivity contribution in [1.29, 1.82) is 0 Å². The second-order valence-corrected chi connectivity index (χ2v) is 8.87. The maximum absolute atomic E-state index is 12.3. The molecule has 0 fully saturated rings. The minimum atomic E-state index is -3.32. The molecule has 6 nitrogen and oxygen atoms in total. The van der Waals surface area contributed by atoms with Gasteiger partial charge in [0.1, 0.15) is 5.75 Å². The fraction of sp³-hybridized carbons (Fsp3) is 0.381. The van der Waals surface area contributed by atoms with E-state index in [0.29, 0.717) is 17.4 Å². The van der Waals surface area contributed by atoms with Crippen molar-refractivity contribution < 1.29 is 13.2 Å². The predicted octanol–water partition coefficient (Wildman–Crippen LogP) is 2.92. The summed E-state index contributed by atoms with van der Waals surface area (Å²) in [6.07, 6.45) is 0.0844. The third-order valence-corrected chi connectivity index (χ3v) is 5.75. The van der Waals surface area contributed by atoms with Gasteiger partial charge in [-0.1, -0.05) is 30.3 Å². The molecular weight excluding hydrogens is 374 g/mol. The summed E-state index contributed by atoms with van der Waals surface area (Å²) in [6, 6.07) is 14.5. The fourth-order valence-corrected chi connectivity index (χ4v) is 3.80. The van der Waals surface area contributed by atoms with Crippen LogP contribution in [0.5, 0.6) is 5.75 Å². The van der Waals surface area contributed by atoms with Gasteiger partial charge in [-0.15, -0.1) is 0 Å². The van der Waals surface area contributed by atoms with Crippen LogP contribution in [0.1, 0.15) is 25.0 Å². The summed E-state index contributed by atoms with van der Waals surface area (Å²) in [5.41, 5.74) is 2.15. The summed E-state index contributed by atoms with van der Waals surface area (Å²) in [6.45, 7) is 6.80. The molecule has 0 aliphatic heterocycles. The lowest BCUT2D eigenvalue weighted by Crippen LogP contribution is -2.39. The molecule has 28 heavy (non-hydrogen) atoms. The molecule has 2 N–H and O–H groups in total. The molecule has 0 aliphatic rings. The molecule has 0 bridgehead atoms. The van der Waals surface area contributed by atoms with E-state index in [0.717, 1.165) is 16.9 Å². The Morgan fingerprint density at radius 1 is 1.11 bits per heavy atom. The van der Waals surface area contributed by atoms with Crippen LogP contribution in [-0.4, -0.2) is 39.8 Å². The Morgan fingerprint density at radius 2 is 1.82 bits per heavy atom. The molecule has 0 heterocycles. The molecule has 2 aromatic carbocycles. The number of nitrogens with one attached hydrogen (secondary N) is 2. The van der Waals surface area contributed by atoms with Crippen molar-refractivity contribution in [2.24, 2.45) is 4.99 Å². The molecule has 0 radical (unpaired) electrons. The van der Waals surface area contributed by atoms with Crippen LogP contribution in [0.3, 0.4) is 0 Å². The molecule has 0 spiro atoms. The van der Waals surface area contributed by atoms with Crippen LogP contribution in [0.15, 0.2) is 58.4 Å². The van der Waals surface area contributed by atoms with Gasteiger partial charge in [0.15, 0.2) is 15.8 Å². The van der Waals surface area contributed by atoms with E-state index in [4.69, 9.17) is 4.74 Å². The first-order chi connectivity index (χ1) is 13.3. The van der Waals surface area contributed by atoms with E-state index in [1.54, 1.807) is 37.4 Å². The predicted molar refractivity (Wildman–Crippen MR) is 114 cm³/mol. The van der Waals surface area contributed by atoms with Crippen molar-refractivity contribution in [2.75, 3.05) is 19.3 Å². The van der Waals surface area contributed by atoms with Crippen LogP contribution < -0.4 is 15.4 Å². The highest BCUT2D eigenvalue weighted by molar-refractivity contribution is 7.91. The highest BCUT2D eigenvalue weighted by Gasteiger charge is 2.14. The van der Waals surface area contributed by atoms with Crippen molar-refractivity contribution in [3.8, 4) is 5.75 Å². The largest absolute Gasteiger partial charge is 0.491 e. The maximum atomic E-state index is 12.3. The summed E-state index contributed by atoms with van der Waals surface area (Å²) in [5, 5.41) is 6.26. The van der Waals surface area contributed by atoms with Crippen molar-refractivity contribution >= 4 is 15.8 Å². The molecule has 0 saturated carbocycles. The zero-order valence-corrected chi connectivity index (χ0v) is 17.7. The molecule has 0 unspecified atom stereocenters. The quantitative estimate of drug-likeness (QED) is 0.523. The third-order valence-electron chi connectivity index (χ3n) is 4.02. The monoisotopic (exact) mass is 403 g/mol. The lowest BCUT2D eigenvalue weighted by atomic mass is 10.1. The first-order valence-corrected chi connectivity index (χ1v) is 11.0. The Labute approximate surface area is 168 Å². The maximum Gasteiger partial charge on any atom is 0.191 e. The van der Waals surface area contributed by atoms with Gasteiger partial charge in [0, 0.05) is 25.7 Å². The first kappa shape index (κ1) is 21.8. The Balaban J connectivity index is 1.92. The topological polar surface area (TPSA) is 79.8 Å². The molecule has 152 valence electrons. The molecule has 7 heteroatoms. The van der Waals surface area contributed by atoms with Crippen LogP contribution >= 0.6 is 0 Å². The number of nitrogens with zero attached hydrogens (tertiary/aromatic N) is 1. The van der Waals surface area contributed by atoms with Crippen LogP contribution in [0, 0.1) is 6.92 Å². The van der Waals surface area contributed by atoms with Gasteiger partial charge in [-0.05, 0) is 44.5 Å². The normalized spacial score (nSPS) is 12.1. The van der Waals surface area contributed by atoms with Crippen LogP contribution in [0.2, 0.25) is 0 Å². The van der Waals surface area contributed by atoms with Crippen LogP contribution in [0.4, 0.5) is 0 Å². The number of ether oxygens (including phenoxy) is 1. The van der Waals surface area contributed by atoms with E-state index in [1.807, 2.05) is 39.0 Å². The molecule has 0 aliphatic carbocycles. The Hall–Kier alpha value is -2.54. The van der Waals surface area contributed by atoms with E-state index in [2.05, 4.69) is 15.6 Å². The van der Waals surface area contributed by atoms with E-state index >= 15 is 0 Å². The number of aryl methyl sites for hydroxylation is 1. The van der Waals surface area contributed by atoms with Gasteiger partial charge < -0.3 is 15.4 Å². The first-order valence-electron chi connectivity index (χ1n) is 9.30. The number of hydrogen-bond acceptors (Lipinski definition) is 4.